The van der Waals surface area contributed by atoms with Crippen molar-refractivity contribution in [2.45, 2.75) is 19.4 Å². The van der Waals surface area contributed by atoms with Gasteiger partial charge >= 0.3 is 0 Å². The SMILES string of the molecule is N=Cc1ccc(-c2c(-c3cc(F)ccc3F)nn3c2CCC3)cc1N. The molecule has 1 aliphatic rings. The van der Waals surface area contributed by atoms with Crippen molar-refractivity contribution < 1.29 is 8.78 Å². The van der Waals surface area contributed by atoms with Crippen LogP contribution in [0.1, 0.15) is 17.7 Å². The van der Waals surface area contributed by atoms with E-state index in [4.69, 9.17) is 11.1 Å². The average Bonchev–Trinajstić information content (AvgIpc) is 3.17. The molecule has 3 aromatic rings. The Balaban J connectivity index is 1.97. The van der Waals surface area contributed by atoms with Crippen molar-refractivity contribution >= 4 is 11.9 Å². The molecule has 0 spiro atoms. The first-order valence-corrected chi connectivity index (χ1v) is 8.04. The van der Waals surface area contributed by atoms with Crippen molar-refractivity contribution in [2.75, 3.05) is 5.73 Å². The molecule has 1 aliphatic heterocycles. The molecule has 2 aromatic carbocycles. The van der Waals surface area contributed by atoms with E-state index in [1.54, 1.807) is 12.1 Å². The van der Waals surface area contributed by atoms with Crippen LogP contribution >= 0.6 is 0 Å². The van der Waals surface area contributed by atoms with E-state index in [-0.39, 0.29) is 5.56 Å². The third-order valence-corrected chi connectivity index (χ3v) is 4.56. The van der Waals surface area contributed by atoms with Gasteiger partial charge in [-0.2, -0.15) is 5.10 Å². The molecule has 6 heteroatoms. The topological polar surface area (TPSA) is 67.7 Å². The predicted octanol–water partition coefficient (Wildman–Crippen LogP) is 4.02. The van der Waals surface area contributed by atoms with Crippen LogP contribution in [0.15, 0.2) is 36.4 Å². The molecule has 1 aromatic heterocycles. The Morgan fingerprint density at radius 1 is 1.16 bits per heavy atom. The number of nitrogens with two attached hydrogens (primary N) is 1. The average molecular weight is 338 g/mol. The number of aromatic nitrogens is 2. The van der Waals surface area contributed by atoms with E-state index < -0.39 is 11.6 Å². The van der Waals surface area contributed by atoms with Crippen LogP contribution in [0.3, 0.4) is 0 Å². The van der Waals surface area contributed by atoms with Gasteiger partial charge in [-0.1, -0.05) is 12.1 Å². The highest BCUT2D eigenvalue weighted by atomic mass is 19.1. The van der Waals surface area contributed by atoms with E-state index in [1.807, 2.05) is 10.7 Å². The molecular formula is C19H16F2N4. The van der Waals surface area contributed by atoms with Gasteiger partial charge < -0.3 is 11.1 Å². The summed E-state index contributed by atoms with van der Waals surface area (Å²) in [5.74, 6) is -1.02. The lowest BCUT2D eigenvalue weighted by molar-refractivity contribution is 0.601. The van der Waals surface area contributed by atoms with Crippen LogP contribution in [0.2, 0.25) is 0 Å². The highest BCUT2D eigenvalue weighted by Gasteiger charge is 2.25. The summed E-state index contributed by atoms with van der Waals surface area (Å²) < 4.78 is 29.9. The van der Waals surface area contributed by atoms with Gasteiger partial charge in [0.25, 0.3) is 0 Å². The molecule has 4 nitrogen and oxygen atoms in total. The number of fused-ring (bicyclic) bond motifs is 1. The van der Waals surface area contributed by atoms with Crippen LogP contribution in [-0.2, 0) is 13.0 Å². The first kappa shape index (κ1) is 15.5. The van der Waals surface area contributed by atoms with E-state index in [9.17, 15) is 8.78 Å². The quantitative estimate of drug-likeness (QED) is 0.559. The van der Waals surface area contributed by atoms with Gasteiger partial charge in [-0.25, -0.2) is 8.78 Å². The zero-order valence-corrected chi connectivity index (χ0v) is 13.4. The fourth-order valence-electron chi connectivity index (χ4n) is 3.36. The van der Waals surface area contributed by atoms with Crippen LogP contribution in [0, 0.1) is 17.0 Å². The van der Waals surface area contributed by atoms with Gasteiger partial charge in [0.05, 0.1) is 0 Å². The fraction of sp³-hybridized carbons (Fsp3) is 0.158. The maximum Gasteiger partial charge on any atom is 0.132 e. The Morgan fingerprint density at radius 3 is 2.76 bits per heavy atom. The number of anilines is 1. The Morgan fingerprint density at radius 2 is 2.00 bits per heavy atom. The number of aryl methyl sites for hydroxylation is 1. The monoisotopic (exact) mass is 338 g/mol. The molecule has 3 N–H and O–H groups in total. The molecule has 0 fully saturated rings. The molecule has 0 aliphatic carbocycles. The maximum absolute atomic E-state index is 14.3. The first-order valence-electron chi connectivity index (χ1n) is 8.04. The van der Waals surface area contributed by atoms with Crippen LogP contribution in [0.4, 0.5) is 14.5 Å². The largest absolute Gasteiger partial charge is 0.398 e. The Labute approximate surface area is 143 Å². The summed E-state index contributed by atoms with van der Waals surface area (Å²) >= 11 is 0. The minimum atomic E-state index is -0.511. The molecule has 0 amide bonds. The van der Waals surface area contributed by atoms with Gasteiger partial charge in [0.15, 0.2) is 0 Å². The molecule has 126 valence electrons. The van der Waals surface area contributed by atoms with Crippen LogP contribution < -0.4 is 5.73 Å². The second-order valence-corrected chi connectivity index (χ2v) is 6.11. The van der Waals surface area contributed by atoms with Gasteiger partial charge in [0, 0.05) is 40.8 Å². The summed E-state index contributed by atoms with van der Waals surface area (Å²) in [5, 5.41) is 11.9. The standard InChI is InChI=1S/C19H16F2N4/c20-13-5-6-15(21)14(9-13)19-18(17-2-1-7-25(17)24-19)11-3-4-12(10-22)16(23)8-11/h3-6,8-10,22H,1-2,7,23H2. The van der Waals surface area contributed by atoms with E-state index in [2.05, 4.69) is 5.10 Å². The molecule has 0 unspecified atom stereocenters. The van der Waals surface area contributed by atoms with Crippen molar-refractivity contribution in [3.8, 4) is 22.4 Å². The molecule has 25 heavy (non-hydrogen) atoms. The lowest BCUT2D eigenvalue weighted by atomic mass is 9.96. The predicted molar refractivity (Wildman–Crippen MR) is 93.6 cm³/mol. The number of nitrogen functional groups attached to an aromatic ring is 1. The number of rotatable bonds is 3. The van der Waals surface area contributed by atoms with Crippen LogP contribution in [0.25, 0.3) is 22.4 Å². The normalized spacial score (nSPS) is 13.0. The lowest BCUT2D eigenvalue weighted by Gasteiger charge is -2.09. The van der Waals surface area contributed by atoms with E-state index in [0.717, 1.165) is 48.3 Å². The van der Waals surface area contributed by atoms with E-state index in [1.165, 1.54) is 12.3 Å². The second-order valence-electron chi connectivity index (χ2n) is 6.11. The van der Waals surface area contributed by atoms with Crippen molar-refractivity contribution in [1.29, 1.82) is 5.41 Å². The lowest BCUT2D eigenvalue weighted by Crippen LogP contribution is -1.95. The number of nitrogens with zero attached hydrogens (tertiary/aromatic N) is 2. The van der Waals surface area contributed by atoms with Gasteiger partial charge in [-0.3, -0.25) is 4.68 Å². The summed E-state index contributed by atoms with van der Waals surface area (Å²) in [7, 11) is 0. The summed E-state index contributed by atoms with van der Waals surface area (Å²) in [6.45, 7) is 0.757. The van der Waals surface area contributed by atoms with E-state index in [0.29, 0.717) is 16.9 Å². The van der Waals surface area contributed by atoms with Crippen LogP contribution in [0.5, 0.6) is 0 Å². The van der Waals surface area contributed by atoms with Crippen LogP contribution in [-0.4, -0.2) is 16.0 Å². The van der Waals surface area contributed by atoms with E-state index >= 15 is 0 Å². The summed E-state index contributed by atoms with van der Waals surface area (Å²) in [5.41, 5.74) is 10.2. The molecule has 0 radical (unpaired) electrons. The highest BCUT2D eigenvalue weighted by molar-refractivity contribution is 5.90. The number of benzene rings is 2. The molecule has 0 saturated carbocycles. The Bertz CT molecular complexity index is 991. The van der Waals surface area contributed by atoms with Gasteiger partial charge in [0.1, 0.15) is 17.3 Å². The van der Waals surface area contributed by atoms with Gasteiger partial charge in [0.2, 0.25) is 0 Å². The molecule has 0 bridgehead atoms. The minimum absolute atomic E-state index is 0.145. The van der Waals surface area contributed by atoms with Crippen molar-refractivity contribution in [2.24, 2.45) is 0 Å². The third-order valence-electron chi connectivity index (χ3n) is 4.56. The minimum Gasteiger partial charge on any atom is -0.398 e. The van der Waals surface area contributed by atoms with Gasteiger partial charge in [-0.05, 0) is 42.7 Å². The third kappa shape index (κ3) is 2.50. The molecule has 0 saturated heterocycles. The molecular weight excluding hydrogens is 322 g/mol. The molecule has 4 rings (SSSR count). The summed E-state index contributed by atoms with van der Waals surface area (Å²) in [6, 6.07) is 8.74. The Hall–Kier alpha value is -3.02. The first-order chi connectivity index (χ1) is 12.1. The van der Waals surface area contributed by atoms with Crippen molar-refractivity contribution in [3.63, 3.8) is 0 Å². The van der Waals surface area contributed by atoms with Crippen molar-refractivity contribution in [3.05, 3.63) is 59.3 Å². The van der Waals surface area contributed by atoms with Gasteiger partial charge in [-0.15, -0.1) is 0 Å². The summed E-state index contributed by atoms with van der Waals surface area (Å²) in [6.07, 6.45) is 2.98. The number of nitrogens with one attached hydrogen (secondary N) is 1. The smallest absolute Gasteiger partial charge is 0.132 e. The maximum atomic E-state index is 14.3. The second kappa shape index (κ2) is 5.81. The zero-order valence-electron chi connectivity index (χ0n) is 13.4. The summed E-state index contributed by atoms with van der Waals surface area (Å²) in [4.78, 5) is 0. The molecule has 0 atom stereocenters. The zero-order chi connectivity index (χ0) is 17.6. The molecule has 2 heterocycles. The number of halogens is 2. The van der Waals surface area contributed by atoms with Crippen molar-refractivity contribution in [1.82, 2.24) is 9.78 Å². The highest BCUT2D eigenvalue weighted by Crippen LogP contribution is 2.39. The number of hydrogen-bond donors (Lipinski definition) is 2. The Kier molecular flexibility index (Phi) is 3.60. The number of hydrogen-bond acceptors (Lipinski definition) is 3. The fourth-order valence-corrected chi connectivity index (χ4v) is 3.36.